The van der Waals surface area contributed by atoms with Crippen molar-refractivity contribution in [1.29, 1.82) is 0 Å². The fourth-order valence-corrected chi connectivity index (χ4v) is 4.04. The molecule has 2 aromatic heterocycles. The normalized spacial score (nSPS) is 27.3. The van der Waals surface area contributed by atoms with Crippen molar-refractivity contribution < 1.29 is 4.79 Å². The number of nitrogens with zero attached hydrogens (tertiary/aromatic N) is 1. The highest BCUT2D eigenvalue weighted by molar-refractivity contribution is 7.17. The second-order valence-corrected chi connectivity index (χ2v) is 6.58. The third-order valence-electron chi connectivity index (χ3n) is 4.36. The lowest BCUT2D eigenvalue weighted by Gasteiger charge is -2.05. The van der Waals surface area contributed by atoms with Crippen LogP contribution in [0.15, 0.2) is 24.4 Å². The van der Waals surface area contributed by atoms with Crippen molar-refractivity contribution in [2.24, 2.45) is 17.8 Å². The van der Waals surface area contributed by atoms with Gasteiger partial charge in [0.1, 0.15) is 0 Å². The summed E-state index contributed by atoms with van der Waals surface area (Å²) in [5.74, 6) is 2.31. The van der Waals surface area contributed by atoms with Crippen molar-refractivity contribution in [3.05, 3.63) is 29.3 Å². The van der Waals surface area contributed by atoms with E-state index < -0.39 is 0 Å². The SMILES string of the molecule is O=C(NCC1C2CNCC21)c1ccc(-c2ccn[nH]2)s1. The van der Waals surface area contributed by atoms with Gasteiger partial charge in [0.05, 0.1) is 15.4 Å². The van der Waals surface area contributed by atoms with Crippen LogP contribution in [0.1, 0.15) is 9.67 Å². The molecule has 1 aliphatic heterocycles. The summed E-state index contributed by atoms with van der Waals surface area (Å²) in [6.07, 6.45) is 1.72. The second kappa shape index (κ2) is 4.71. The molecule has 0 bridgehead atoms. The maximum atomic E-state index is 12.1. The molecule has 2 aromatic rings. The summed E-state index contributed by atoms with van der Waals surface area (Å²) in [6, 6.07) is 5.75. The molecular formula is C14H16N4OS. The average molecular weight is 288 g/mol. The zero-order valence-electron chi connectivity index (χ0n) is 10.9. The number of carbonyl (C=O) groups is 1. The van der Waals surface area contributed by atoms with Gasteiger partial charge in [-0.25, -0.2) is 0 Å². The first-order valence-corrected chi connectivity index (χ1v) is 7.73. The molecule has 0 aromatic carbocycles. The summed E-state index contributed by atoms with van der Waals surface area (Å²) >= 11 is 1.50. The van der Waals surface area contributed by atoms with Crippen LogP contribution < -0.4 is 10.6 Å². The number of carbonyl (C=O) groups excluding carboxylic acids is 1. The molecule has 1 amide bonds. The van der Waals surface area contributed by atoms with Crippen LogP contribution in [0.3, 0.4) is 0 Å². The second-order valence-electron chi connectivity index (χ2n) is 5.49. The van der Waals surface area contributed by atoms with Gasteiger partial charge < -0.3 is 10.6 Å². The monoisotopic (exact) mass is 288 g/mol. The standard InChI is InChI=1S/C14H16N4OS/c19-14(16-7-10-8-5-15-6-9(8)10)13-2-1-12(20-13)11-3-4-17-18-11/h1-4,8-10,15H,5-7H2,(H,16,19)(H,17,18). The average Bonchev–Trinajstić information content (AvgIpc) is 3.02. The van der Waals surface area contributed by atoms with Crippen molar-refractivity contribution in [2.45, 2.75) is 0 Å². The maximum Gasteiger partial charge on any atom is 0.261 e. The van der Waals surface area contributed by atoms with Gasteiger partial charge in [0.2, 0.25) is 0 Å². The third-order valence-corrected chi connectivity index (χ3v) is 5.48. The van der Waals surface area contributed by atoms with Gasteiger partial charge >= 0.3 is 0 Å². The van der Waals surface area contributed by atoms with Crippen molar-refractivity contribution in [3.8, 4) is 10.6 Å². The molecule has 20 heavy (non-hydrogen) atoms. The molecular weight excluding hydrogens is 272 g/mol. The molecule has 2 unspecified atom stereocenters. The quantitative estimate of drug-likeness (QED) is 0.795. The first kappa shape index (κ1) is 12.1. The molecule has 3 N–H and O–H groups in total. The van der Waals surface area contributed by atoms with Crippen molar-refractivity contribution in [1.82, 2.24) is 20.8 Å². The fraction of sp³-hybridized carbons (Fsp3) is 0.429. The fourth-order valence-electron chi connectivity index (χ4n) is 3.14. The Hall–Kier alpha value is -1.66. The van der Waals surface area contributed by atoms with E-state index in [9.17, 15) is 4.79 Å². The highest BCUT2D eigenvalue weighted by Gasteiger charge is 2.52. The number of H-pyrrole nitrogens is 1. The molecule has 0 spiro atoms. The van der Waals surface area contributed by atoms with Crippen LogP contribution in [0, 0.1) is 17.8 Å². The molecule has 0 radical (unpaired) electrons. The smallest absolute Gasteiger partial charge is 0.261 e. The number of thiophene rings is 1. The largest absolute Gasteiger partial charge is 0.351 e. The molecule has 104 valence electrons. The van der Waals surface area contributed by atoms with Crippen LogP contribution in [0.5, 0.6) is 0 Å². The predicted octanol–water partition coefficient (Wildman–Crippen LogP) is 1.33. The lowest BCUT2D eigenvalue weighted by molar-refractivity contribution is 0.0954. The van der Waals surface area contributed by atoms with E-state index in [2.05, 4.69) is 20.8 Å². The Labute approximate surface area is 120 Å². The minimum atomic E-state index is 0.0405. The highest BCUT2D eigenvalue weighted by atomic mass is 32.1. The van der Waals surface area contributed by atoms with Crippen LogP contribution in [-0.2, 0) is 0 Å². The summed E-state index contributed by atoms with van der Waals surface area (Å²) in [4.78, 5) is 13.9. The van der Waals surface area contributed by atoms with E-state index in [-0.39, 0.29) is 5.91 Å². The number of hydrogen-bond donors (Lipinski definition) is 3. The zero-order valence-corrected chi connectivity index (χ0v) is 11.7. The summed E-state index contributed by atoms with van der Waals surface area (Å²) in [7, 11) is 0. The highest BCUT2D eigenvalue weighted by Crippen LogP contribution is 2.48. The number of nitrogens with one attached hydrogen (secondary N) is 3. The number of piperidine rings is 1. The number of hydrogen-bond acceptors (Lipinski definition) is 4. The first-order valence-electron chi connectivity index (χ1n) is 6.91. The Kier molecular flexibility index (Phi) is 2.85. The molecule has 3 heterocycles. The summed E-state index contributed by atoms with van der Waals surface area (Å²) in [6.45, 7) is 3.05. The Morgan fingerprint density at radius 2 is 2.20 bits per heavy atom. The van der Waals surface area contributed by atoms with Gasteiger partial charge in [-0.1, -0.05) is 0 Å². The minimum Gasteiger partial charge on any atom is -0.351 e. The van der Waals surface area contributed by atoms with Gasteiger partial charge in [0, 0.05) is 12.7 Å². The van der Waals surface area contributed by atoms with Gasteiger partial charge in [-0.15, -0.1) is 11.3 Å². The van der Waals surface area contributed by atoms with Crippen molar-refractivity contribution in [3.63, 3.8) is 0 Å². The number of fused-ring (bicyclic) bond motifs is 1. The van der Waals surface area contributed by atoms with E-state index in [0.29, 0.717) is 5.92 Å². The van der Waals surface area contributed by atoms with Crippen LogP contribution in [0.2, 0.25) is 0 Å². The molecule has 2 fully saturated rings. The number of rotatable bonds is 4. The van der Waals surface area contributed by atoms with Gasteiger partial charge in [0.15, 0.2) is 0 Å². The Morgan fingerprint density at radius 3 is 2.95 bits per heavy atom. The zero-order chi connectivity index (χ0) is 13.5. The number of aromatic nitrogens is 2. The molecule has 1 saturated carbocycles. The van der Waals surface area contributed by atoms with E-state index in [1.54, 1.807) is 6.20 Å². The molecule has 1 saturated heterocycles. The van der Waals surface area contributed by atoms with Crippen LogP contribution in [0.25, 0.3) is 10.6 Å². The Balaban J connectivity index is 1.37. The Morgan fingerprint density at radius 1 is 1.35 bits per heavy atom. The lowest BCUT2D eigenvalue weighted by atomic mass is 10.3. The van der Waals surface area contributed by atoms with Gasteiger partial charge in [0.25, 0.3) is 5.91 Å². The topological polar surface area (TPSA) is 69.8 Å². The number of aromatic amines is 1. The van der Waals surface area contributed by atoms with Gasteiger partial charge in [-0.3, -0.25) is 9.89 Å². The molecule has 6 heteroatoms. The number of amides is 1. The van der Waals surface area contributed by atoms with E-state index in [1.165, 1.54) is 11.3 Å². The van der Waals surface area contributed by atoms with E-state index in [4.69, 9.17) is 0 Å². The molecule has 2 atom stereocenters. The van der Waals surface area contributed by atoms with Crippen molar-refractivity contribution in [2.75, 3.05) is 19.6 Å². The molecule has 5 nitrogen and oxygen atoms in total. The summed E-state index contributed by atoms with van der Waals surface area (Å²) < 4.78 is 0. The van der Waals surface area contributed by atoms with E-state index >= 15 is 0 Å². The van der Waals surface area contributed by atoms with Crippen LogP contribution in [0.4, 0.5) is 0 Å². The maximum absolute atomic E-state index is 12.1. The molecule has 1 aliphatic carbocycles. The summed E-state index contributed by atoms with van der Waals surface area (Å²) in [5.41, 5.74) is 0.955. The minimum absolute atomic E-state index is 0.0405. The van der Waals surface area contributed by atoms with Crippen LogP contribution >= 0.6 is 11.3 Å². The van der Waals surface area contributed by atoms with E-state index in [1.807, 2.05) is 18.2 Å². The third kappa shape index (κ3) is 2.05. The molecule has 2 aliphatic rings. The van der Waals surface area contributed by atoms with E-state index in [0.717, 1.165) is 46.9 Å². The summed E-state index contributed by atoms with van der Waals surface area (Å²) in [5, 5.41) is 13.3. The Bertz CT molecular complexity index is 611. The first-order chi connectivity index (χ1) is 9.83. The lowest BCUT2D eigenvalue weighted by Crippen LogP contribution is -2.28. The predicted molar refractivity (Wildman–Crippen MR) is 77.6 cm³/mol. The van der Waals surface area contributed by atoms with Gasteiger partial charge in [-0.05, 0) is 49.0 Å². The van der Waals surface area contributed by atoms with Crippen molar-refractivity contribution >= 4 is 17.2 Å². The van der Waals surface area contributed by atoms with Crippen LogP contribution in [-0.4, -0.2) is 35.7 Å². The van der Waals surface area contributed by atoms with Gasteiger partial charge in [-0.2, -0.15) is 5.10 Å². The molecule has 4 rings (SSSR count).